The van der Waals surface area contributed by atoms with Gasteiger partial charge in [0.2, 0.25) is 0 Å². The molecule has 0 amide bonds. The summed E-state index contributed by atoms with van der Waals surface area (Å²) < 4.78 is 13.4. The van der Waals surface area contributed by atoms with Crippen molar-refractivity contribution in [2.45, 2.75) is 6.54 Å². The molecular weight excluding hydrogens is 256 g/mol. The molecule has 0 atom stereocenters. The maximum Gasteiger partial charge on any atom is 0.195 e. The van der Waals surface area contributed by atoms with Crippen molar-refractivity contribution in [2.24, 2.45) is 5.73 Å². The van der Waals surface area contributed by atoms with Crippen LogP contribution in [0.2, 0.25) is 0 Å². The molecule has 0 bridgehead atoms. The third-order valence-corrected chi connectivity index (χ3v) is 5.04. The topological polar surface area (TPSA) is 63.6 Å². The number of nitrogens with zero attached hydrogens (tertiary/aromatic N) is 3. The highest BCUT2D eigenvalue weighted by molar-refractivity contribution is 7.85. The summed E-state index contributed by atoms with van der Waals surface area (Å²) in [6, 6.07) is 0. The summed E-state index contributed by atoms with van der Waals surface area (Å²) in [4.78, 5) is 7.80. The van der Waals surface area contributed by atoms with Gasteiger partial charge in [-0.2, -0.15) is 0 Å². The first kappa shape index (κ1) is 11.2. The Balaban J connectivity index is 1.98. The van der Waals surface area contributed by atoms with E-state index in [0.29, 0.717) is 6.54 Å². The fourth-order valence-electron chi connectivity index (χ4n) is 2.11. The van der Waals surface area contributed by atoms with E-state index in [4.69, 9.17) is 5.73 Å². The Morgan fingerprint density at radius 2 is 2.24 bits per heavy atom. The first-order chi connectivity index (χ1) is 8.29. The Morgan fingerprint density at radius 1 is 1.47 bits per heavy atom. The molecule has 2 aromatic heterocycles. The summed E-state index contributed by atoms with van der Waals surface area (Å²) >= 11 is 1.61. The lowest BCUT2D eigenvalue weighted by Crippen LogP contribution is -2.38. The minimum absolute atomic E-state index is 0.479. The monoisotopic (exact) mass is 270 g/mol. The van der Waals surface area contributed by atoms with Crippen LogP contribution in [-0.2, 0) is 17.3 Å². The molecule has 3 heterocycles. The number of fused-ring (bicyclic) bond motifs is 1. The first-order valence-corrected chi connectivity index (χ1v) is 7.91. The van der Waals surface area contributed by atoms with Gasteiger partial charge in [-0.05, 0) is 0 Å². The zero-order valence-electron chi connectivity index (χ0n) is 9.33. The summed E-state index contributed by atoms with van der Waals surface area (Å²) in [5.41, 5.74) is 6.86. The molecule has 1 aliphatic heterocycles. The Morgan fingerprint density at radius 3 is 2.94 bits per heavy atom. The molecule has 1 fully saturated rings. The van der Waals surface area contributed by atoms with Gasteiger partial charge in [-0.3, -0.25) is 8.61 Å². The van der Waals surface area contributed by atoms with Crippen molar-refractivity contribution >= 4 is 32.9 Å². The number of hydrogen-bond donors (Lipinski definition) is 1. The average molecular weight is 270 g/mol. The third kappa shape index (κ3) is 1.88. The van der Waals surface area contributed by atoms with Gasteiger partial charge in [0, 0.05) is 53.5 Å². The molecule has 0 spiro atoms. The van der Waals surface area contributed by atoms with Crippen molar-refractivity contribution in [3.05, 3.63) is 17.3 Å². The number of imidazole rings is 1. The van der Waals surface area contributed by atoms with Crippen molar-refractivity contribution < 1.29 is 4.21 Å². The molecule has 92 valence electrons. The van der Waals surface area contributed by atoms with E-state index < -0.39 is 10.8 Å². The van der Waals surface area contributed by atoms with Crippen LogP contribution in [0.1, 0.15) is 5.69 Å². The lowest BCUT2D eigenvalue weighted by molar-refractivity contribution is 0.672. The standard InChI is InChI=1S/C10H14N4OS2/c11-7-8-9(12-10-14(8)1-4-16-10)13-2-5-17(15)6-3-13/h1,4H,2-3,5-7,11H2. The molecule has 0 aromatic carbocycles. The lowest BCUT2D eigenvalue weighted by atomic mass is 10.3. The van der Waals surface area contributed by atoms with E-state index in [1.54, 1.807) is 11.3 Å². The van der Waals surface area contributed by atoms with E-state index in [-0.39, 0.29) is 0 Å². The molecule has 0 aliphatic carbocycles. The van der Waals surface area contributed by atoms with Crippen LogP contribution in [0.3, 0.4) is 0 Å². The molecule has 0 radical (unpaired) electrons. The van der Waals surface area contributed by atoms with Gasteiger partial charge in [0.25, 0.3) is 0 Å². The molecular formula is C10H14N4OS2. The second kappa shape index (κ2) is 4.40. The Labute approximate surface area is 106 Å². The molecule has 1 aliphatic rings. The first-order valence-electron chi connectivity index (χ1n) is 5.54. The van der Waals surface area contributed by atoms with Crippen LogP contribution in [0.25, 0.3) is 4.96 Å². The zero-order chi connectivity index (χ0) is 11.8. The molecule has 2 N–H and O–H groups in total. The van der Waals surface area contributed by atoms with Crippen molar-refractivity contribution in [3.8, 4) is 0 Å². The summed E-state index contributed by atoms with van der Waals surface area (Å²) in [6.45, 7) is 2.10. The number of rotatable bonds is 2. The van der Waals surface area contributed by atoms with Gasteiger partial charge < -0.3 is 10.6 Å². The molecule has 2 aromatic rings. The summed E-state index contributed by atoms with van der Waals surface area (Å²) in [7, 11) is -0.656. The molecule has 0 unspecified atom stereocenters. The molecule has 7 heteroatoms. The number of thiazole rings is 1. The Hall–Kier alpha value is -0.920. The minimum atomic E-state index is -0.656. The smallest absolute Gasteiger partial charge is 0.195 e. The highest BCUT2D eigenvalue weighted by atomic mass is 32.2. The fraction of sp³-hybridized carbons (Fsp3) is 0.500. The Kier molecular flexibility index (Phi) is 2.89. The van der Waals surface area contributed by atoms with Crippen LogP contribution < -0.4 is 10.6 Å². The lowest BCUT2D eigenvalue weighted by Gasteiger charge is -2.27. The van der Waals surface area contributed by atoms with Crippen molar-refractivity contribution in [1.82, 2.24) is 9.38 Å². The fourth-order valence-corrected chi connectivity index (χ4v) is 3.89. The largest absolute Gasteiger partial charge is 0.353 e. The SMILES string of the molecule is NCc1c(N2CCS(=O)CC2)nc2sccn12. The second-order valence-corrected chi connectivity index (χ2v) is 6.55. The molecule has 0 saturated carbocycles. The number of aromatic nitrogens is 2. The molecule has 3 rings (SSSR count). The van der Waals surface area contributed by atoms with E-state index in [1.165, 1.54) is 0 Å². The normalized spacial score (nSPS) is 18.1. The van der Waals surface area contributed by atoms with Gasteiger partial charge in [0.15, 0.2) is 10.8 Å². The van der Waals surface area contributed by atoms with Crippen molar-refractivity contribution in [1.29, 1.82) is 0 Å². The van der Waals surface area contributed by atoms with Gasteiger partial charge >= 0.3 is 0 Å². The summed E-state index contributed by atoms with van der Waals surface area (Å²) in [5.74, 6) is 2.43. The van der Waals surface area contributed by atoms with Crippen LogP contribution in [0.4, 0.5) is 5.82 Å². The van der Waals surface area contributed by atoms with E-state index in [2.05, 4.69) is 9.88 Å². The van der Waals surface area contributed by atoms with Gasteiger partial charge in [-0.1, -0.05) is 0 Å². The van der Waals surface area contributed by atoms with Gasteiger partial charge in [0.1, 0.15) is 0 Å². The minimum Gasteiger partial charge on any atom is -0.353 e. The predicted molar refractivity (Wildman–Crippen MR) is 71.0 cm³/mol. The summed E-state index contributed by atoms with van der Waals surface area (Å²) in [5, 5.41) is 2.01. The van der Waals surface area contributed by atoms with Crippen LogP contribution in [-0.4, -0.2) is 38.2 Å². The van der Waals surface area contributed by atoms with Crippen molar-refractivity contribution in [3.63, 3.8) is 0 Å². The number of nitrogens with two attached hydrogens (primary N) is 1. The van der Waals surface area contributed by atoms with E-state index in [1.807, 2.05) is 16.0 Å². The highest BCUT2D eigenvalue weighted by Gasteiger charge is 2.21. The summed E-state index contributed by atoms with van der Waals surface area (Å²) in [6.07, 6.45) is 2.00. The zero-order valence-corrected chi connectivity index (χ0v) is 11.0. The number of hydrogen-bond acceptors (Lipinski definition) is 5. The second-order valence-electron chi connectivity index (χ2n) is 3.98. The molecule has 17 heavy (non-hydrogen) atoms. The quantitative estimate of drug-likeness (QED) is 0.859. The van der Waals surface area contributed by atoms with Crippen LogP contribution >= 0.6 is 11.3 Å². The Bertz CT molecular complexity index is 552. The maximum atomic E-state index is 11.4. The highest BCUT2D eigenvalue weighted by Crippen LogP contribution is 2.25. The van der Waals surface area contributed by atoms with E-state index >= 15 is 0 Å². The van der Waals surface area contributed by atoms with Crippen LogP contribution in [0.5, 0.6) is 0 Å². The van der Waals surface area contributed by atoms with Gasteiger partial charge in [-0.25, -0.2) is 4.98 Å². The third-order valence-electron chi connectivity index (χ3n) is 3.01. The number of anilines is 1. The van der Waals surface area contributed by atoms with Crippen molar-refractivity contribution in [2.75, 3.05) is 29.5 Å². The predicted octanol–water partition coefficient (Wildman–Crippen LogP) is 0.423. The average Bonchev–Trinajstić information content (AvgIpc) is 2.89. The van der Waals surface area contributed by atoms with Gasteiger partial charge in [-0.15, -0.1) is 11.3 Å². The van der Waals surface area contributed by atoms with E-state index in [0.717, 1.165) is 41.1 Å². The van der Waals surface area contributed by atoms with E-state index in [9.17, 15) is 4.21 Å². The van der Waals surface area contributed by atoms with Crippen LogP contribution in [0.15, 0.2) is 11.6 Å². The van der Waals surface area contributed by atoms with Gasteiger partial charge in [0.05, 0.1) is 5.69 Å². The van der Waals surface area contributed by atoms with Crippen LogP contribution in [0, 0.1) is 0 Å². The molecule has 5 nitrogen and oxygen atoms in total. The molecule has 1 saturated heterocycles. The maximum absolute atomic E-state index is 11.4.